The van der Waals surface area contributed by atoms with Crippen molar-refractivity contribution in [2.45, 2.75) is 94.7 Å². The number of rotatable bonds is 26. The molecule has 2 heterocycles. The van der Waals surface area contributed by atoms with Crippen molar-refractivity contribution in [1.29, 1.82) is 0 Å². The fraction of sp³-hybridized carbons (Fsp3) is 0.622. The number of carbonyl (C=O) groups is 5. The van der Waals surface area contributed by atoms with E-state index in [2.05, 4.69) is 16.0 Å². The van der Waals surface area contributed by atoms with Gasteiger partial charge in [0.1, 0.15) is 29.0 Å². The summed E-state index contributed by atoms with van der Waals surface area (Å²) in [5.41, 5.74) is 1.50. The molecule has 8 atom stereocenters. The van der Waals surface area contributed by atoms with E-state index in [1.54, 1.807) is 6.92 Å². The molecule has 22 nitrogen and oxygen atoms in total. The van der Waals surface area contributed by atoms with Gasteiger partial charge >= 0.3 is 0 Å². The highest BCUT2D eigenvalue weighted by atomic mass is 16.7. The maximum Gasteiger partial charge on any atom is 0.252 e. The molecule has 0 unspecified atom stereocenters. The summed E-state index contributed by atoms with van der Waals surface area (Å²) in [4.78, 5) is 64.4. The fourth-order valence-corrected chi connectivity index (χ4v) is 8.63. The van der Waals surface area contributed by atoms with Crippen LogP contribution in [0.1, 0.15) is 88.6 Å². The number of fused-ring (bicyclic) bond motifs is 4. The molecule has 2 fully saturated rings. The highest BCUT2D eigenvalue weighted by Gasteiger charge is 2.52. The van der Waals surface area contributed by atoms with Gasteiger partial charge in [0.25, 0.3) is 5.91 Å². The Kier molecular flexibility index (Phi) is 18.4. The molecule has 0 radical (unpaired) electrons. The third-order valence-corrected chi connectivity index (χ3v) is 11.8. The molecule has 3 amide bonds. The minimum atomic E-state index is -2.25. The number of primary amides is 1. The molecule has 0 saturated carbocycles. The molecular weight excluding hydrogens is 885 g/mol. The molecule has 2 aliphatic carbocycles. The fourth-order valence-electron chi connectivity index (χ4n) is 8.63. The first-order chi connectivity index (χ1) is 32.2. The van der Waals surface area contributed by atoms with E-state index in [0.717, 1.165) is 0 Å². The van der Waals surface area contributed by atoms with Crippen LogP contribution in [0.15, 0.2) is 18.2 Å². The number of methoxy groups -OCH3 is 2. The molecule has 22 heteroatoms. The van der Waals surface area contributed by atoms with Gasteiger partial charge in [-0.15, -0.1) is 0 Å². The molecule has 0 bridgehead atoms. The minimum absolute atomic E-state index is 0.0198. The SMILES string of the molecule is CCO[C@H](OC)[C@@H]1N[C@H]2C[C@H](O[C@H]3C[C@](O)(C(=O)NCCOCCOCCOCCOCCC(=O)NCCC(N)=O)Cc4c(O)c5c(c(O)c43)C(=O)c3c(OC)cccc3C5=O)O[C@@H](C)[C@H]2O1. The van der Waals surface area contributed by atoms with E-state index in [1.807, 2.05) is 6.92 Å². The third-order valence-electron chi connectivity index (χ3n) is 11.8. The van der Waals surface area contributed by atoms with E-state index in [0.29, 0.717) is 19.8 Å². The van der Waals surface area contributed by atoms with Gasteiger partial charge in [-0.05, 0) is 19.9 Å². The Hall–Kier alpha value is -4.85. The highest BCUT2D eigenvalue weighted by Crippen LogP contribution is 2.52. The Morgan fingerprint density at radius 1 is 0.881 bits per heavy atom. The van der Waals surface area contributed by atoms with Crippen molar-refractivity contribution in [3.8, 4) is 17.2 Å². The van der Waals surface area contributed by atoms with Crippen LogP contribution in [0.5, 0.6) is 17.2 Å². The monoisotopic (exact) mass is 946 g/mol. The highest BCUT2D eigenvalue weighted by molar-refractivity contribution is 6.31. The zero-order valence-corrected chi connectivity index (χ0v) is 38.1. The third kappa shape index (κ3) is 12.3. The van der Waals surface area contributed by atoms with Gasteiger partial charge in [0, 0.05) is 81.6 Å². The molecule has 370 valence electrons. The number of aliphatic hydroxyl groups is 1. The number of nitrogens with two attached hydrogens (primary N) is 1. The Labute approximate surface area is 387 Å². The summed E-state index contributed by atoms with van der Waals surface area (Å²) in [6, 6.07) is 4.11. The quantitative estimate of drug-likeness (QED) is 0.0317. The number of phenols is 2. The van der Waals surface area contributed by atoms with E-state index in [4.69, 9.17) is 53.1 Å². The van der Waals surface area contributed by atoms with Gasteiger partial charge in [0.2, 0.25) is 17.6 Å². The lowest BCUT2D eigenvalue weighted by molar-refractivity contribution is -0.253. The maximum atomic E-state index is 14.1. The number of hydrogen-bond acceptors (Lipinski definition) is 19. The Balaban J connectivity index is 1.05. The average molecular weight is 947 g/mol. The molecule has 0 spiro atoms. The molecule has 2 aliphatic heterocycles. The second-order valence-electron chi connectivity index (χ2n) is 16.3. The van der Waals surface area contributed by atoms with E-state index < -0.39 is 102 Å². The van der Waals surface area contributed by atoms with Gasteiger partial charge in [-0.3, -0.25) is 29.3 Å². The van der Waals surface area contributed by atoms with Crippen LogP contribution in [0.25, 0.3) is 0 Å². The van der Waals surface area contributed by atoms with Crippen LogP contribution in [-0.2, 0) is 63.4 Å². The zero-order valence-electron chi connectivity index (χ0n) is 38.1. The lowest BCUT2D eigenvalue weighted by atomic mass is 9.72. The second kappa shape index (κ2) is 23.9. The van der Waals surface area contributed by atoms with Crippen molar-refractivity contribution in [2.24, 2.45) is 5.73 Å². The van der Waals surface area contributed by atoms with Crippen molar-refractivity contribution in [1.82, 2.24) is 16.0 Å². The van der Waals surface area contributed by atoms with Crippen molar-refractivity contribution < 1.29 is 86.7 Å². The summed E-state index contributed by atoms with van der Waals surface area (Å²) in [6.45, 7) is 6.00. The van der Waals surface area contributed by atoms with Crippen LogP contribution < -0.4 is 26.4 Å². The Morgan fingerprint density at radius 3 is 2.21 bits per heavy atom. The standard InChI is InChI=1S/C45H62N4O18/c1-5-64-43(59-4)42-49-27-21-32(65-24(2)41(27)67-42)66-29-23-45(57,22-26-34(29)40(55)36-35(38(26)53)37(52)25-7-6-8-28(58-3)33(25)39(36)54)44(56)48-12-14-61-16-18-63-20-19-62-17-15-60-13-10-31(51)47-11-9-30(46)50/h6-8,24,27,29,32,41-43,49,53,55,57H,5,9-23H2,1-4H3,(H2,46,50)(H,47,51)(H,48,56)/t24-,27-,29-,32-,41+,42+,43-,45-/m0/s1. The Morgan fingerprint density at radius 2 is 1.55 bits per heavy atom. The van der Waals surface area contributed by atoms with Gasteiger partial charge in [0.05, 0.1) is 88.9 Å². The second-order valence-corrected chi connectivity index (χ2v) is 16.3. The van der Waals surface area contributed by atoms with Gasteiger partial charge in [-0.2, -0.15) is 0 Å². The summed E-state index contributed by atoms with van der Waals surface area (Å²) >= 11 is 0. The lowest BCUT2D eigenvalue weighted by Gasteiger charge is -2.42. The number of ketones is 2. The first-order valence-electron chi connectivity index (χ1n) is 22.3. The van der Waals surface area contributed by atoms with E-state index >= 15 is 0 Å². The van der Waals surface area contributed by atoms with Crippen molar-refractivity contribution >= 4 is 29.3 Å². The van der Waals surface area contributed by atoms with Crippen LogP contribution in [-0.4, -0.2) is 174 Å². The number of amides is 3. The average Bonchev–Trinajstić information content (AvgIpc) is 3.73. The molecule has 0 aromatic heterocycles. The normalized spacial score (nSPS) is 24.6. The number of benzene rings is 2. The van der Waals surface area contributed by atoms with Crippen LogP contribution >= 0.6 is 0 Å². The molecule has 2 aromatic rings. The number of hydrogen-bond donors (Lipinski definition) is 7. The van der Waals surface area contributed by atoms with Gasteiger partial charge in [-0.1, -0.05) is 12.1 Å². The molecule has 2 aromatic carbocycles. The molecule has 6 rings (SSSR count). The number of carbonyl (C=O) groups excluding carboxylic acids is 5. The van der Waals surface area contributed by atoms with Crippen LogP contribution in [0.3, 0.4) is 0 Å². The number of phenolic OH excluding ortho intramolecular Hbond substituents is 2. The number of nitrogens with one attached hydrogen (secondary N) is 3. The van der Waals surface area contributed by atoms with Crippen molar-refractivity contribution in [3.05, 3.63) is 51.6 Å². The van der Waals surface area contributed by atoms with E-state index in [1.165, 1.54) is 32.4 Å². The topological polar surface area (TPSA) is 300 Å². The van der Waals surface area contributed by atoms with Gasteiger partial charge in [0.15, 0.2) is 24.6 Å². The van der Waals surface area contributed by atoms with Crippen molar-refractivity contribution in [3.63, 3.8) is 0 Å². The summed E-state index contributed by atoms with van der Waals surface area (Å²) in [5.74, 6) is -4.32. The summed E-state index contributed by atoms with van der Waals surface area (Å²) in [5, 5.41) is 44.6. The first kappa shape index (κ1) is 51.5. The zero-order chi connectivity index (χ0) is 48.3. The minimum Gasteiger partial charge on any atom is -0.507 e. The molecular formula is C45H62N4O18. The van der Waals surface area contributed by atoms with Crippen LogP contribution in [0, 0.1) is 0 Å². The summed E-state index contributed by atoms with van der Waals surface area (Å²) < 4.78 is 57.4. The van der Waals surface area contributed by atoms with Gasteiger partial charge < -0.3 is 79.1 Å². The largest absolute Gasteiger partial charge is 0.507 e. The number of aromatic hydroxyl groups is 2. The molecule has 67 heavy (non-hydrogen) atoms. The van der Waals surface area contributed by atoms with E-state index in [-0.39, 0.29) is 112 Å². The predicted molar refractivity (Wildman–Crippen MR) is 231 cm³/mol. The summed E-state index contributed by atoms with van der Waals surface area (Å²) in [6.07, 6.45) is -5.20. The summed E-state index contributed by atoms with van der Waals surface area (Å²) in [7, 11) is 2.84. The molecule has 4 aliphatic rings. The van der Waals surface area contributed by atoms with E-state index in [9.17, 15) is 39.3 Å². The number of ether oxygens (including phenoxy) is 10. The van der Waals surface area contributed by atoms with Crippen LogP contribution in [0.4, 0.5) is 0 Å². The van der Waals surface area contributed by atoms with Gasteiger partial charge in [-0.25, -0.2) is 0 Å². The molecule has 2 saturated heterocycles. The Bertz CT molecular complexity index is 2090. The molecule has 8 N–H and O–H groups in total. The first-order valence-corrected chi connectivity index (χ1v) is 22.3. The maximum absolute atomic E-state index is 14.1. The van der Waals surface area contributed by atoms with Crippen LogP contribution in [0.2, 0.25) is 0 Å². The smallest absolute Gasteiger partial charge is 0.252 e. The lowest BCUT2D eigenvalue weighted by Crippen LogP contribution is -2.53. The van der Waals surface area contributed by atoms with Crippen molar-refractivity contribution in [2.75, 3.05) is 86.8 Å². The predicted octanol–water partition coefficient (Wildman–Crippen LogP) is 0.00810.